The zero-order chi connectivity index (χ0) is 13.2. The van der Waals surface area contributed by atoms with Crippen molar-refractivity contribution in [2.24, 2.45) is 5.73 Å². The first kappa shape index (κ1) is 12.3. The lowest BCUT2D eigenvalue weighted by molar-refractivity contribution is 0.288. The molecule has 1 aromatic carbocycles. The van der Waals surface area contributed by atoms with Crippen LogP contribution in [-0.4, -0.2) is 6.61 Å². The molecule has 1 unspecified atom stereocenters. The molecule has 3 heteroatoms. The number of benzene rings is 1. The van der Waals surface area contributed by atoms with Gasteiger partial charge in [-0.05, 0) is 42.2 Å². The highest BCUT2D eigenvalue weighted by atomic mass is 16.5. The lowest BCUT2D eigenvalue weighted by Gasteiger charge is -2.19. The Kier molecular flexibility index (Phi) is 3.30. The van der Waals surface area contributed by atoms with E-state index in [1.165, 1.54) is 5.56 Å². The van der Waals surface area contributed by atoms with Gasteiger partial charge in [0.25, 0.3) is 0 Å². The summed E-state index contributed by atoms with van der Waals surface area (Å²) in [6.45, 7) is 2.89. The SMILES string of the molecule is CCc1ccc(C(N)c2ccc3c(c2)CCCO3)o1. The van der Waals surface area contributed by atoms with Crippen LogP contribution in [0.4, 0.5) is 0 Å². The first-order chi connectivity index (χ1) is 9.28. The molecule has 19 heavy (non-hydrogen) atoms. The van der Waals surface area contributed by atoms with Crippen LogP contribution in [0.5, 0.6) is 5.75 Å². The Balaban J connectivity index is 1.88. The Labute approximate surface area is 113 Å². The second kappa shape index (κ2) is 5.10. The zero-order valence-electron chi connectivity index (χ0n) is 11.2. The average Bonchev–Trinajstić information content (AvgIpc) is 2.95. The number of rotatable bonds is 3. The molecule has 0 fully saturated rings. The van der Waals surface area contributed by atoms with Gasteiger partial charge in [0.1, 0.15) is 17.3 Å². The van der Waals surface area contributed by atoms with E-state index in [0.717, 1.165) is 48.7 Å². The van der Waals surface area contributed by atoms with Gasteiger partial charge in [-0.15, -0.1) is 0 Å². The second-order valence-electron chi connectivity index (χ2n) is 4.95. The summed E-state index contributed by atoms with van der Waals surface area (Å²) >= 11 is 0. The highest BCUT2D eigenvalue weighted by Gasteiger charge is 2.17. The number of nitrogens with two attached hydrogens (primary N) is 1. The quantitative estimate of drug-likeness (QED) is 0.918. The molecular weight excluding hydrogens is 238 g/mol. The predicted molar refractivity (Wildman–Crippen MR) is 74.4 cm³/mol. The van der Waals surface area contributed by atoms with Gasteiger partial charge in [0.2, 0.25) is 0 Å². The van der Waals surface area contributed by atoms with Crippen LogP contribution < -0.4 is 10.5 Å². The molecule has 100 valence electrons. The maximum Gasteiger partial charge on any atom is 0.125 e. The third-order valence-electron chi connectivity index (χ3n) is 3.63. The van der Waals surface area contributed by atoms with Crippen LogP contribution in [0, 0.1) is 0 Å². The summed E-state index contributed by atoms with van der Waals surface area (Å²) in [6, 6.07) is 9.97. The molecule has 0 radical (unpaired) electrons. The molecule has 0 saturated heterocycles. The molecule has 1 aliphatic rings. The summed E-state index contributed by atoms with van der Waals surface area (Å²) in [5.74, 6) is 2.80. The summed E-state index contributed by atoms with van der Waals surface area (Å²) < 4.78 is 11.4. The number of aryl methyl sites for hydroxylation is 2. The average molecular weight is 257 g/mol. The highest BCUT2D eigenvalue weighted by molar-refractivity contribution is 5.41. The van der Waals surface area contributed by atoms with Crippen LogP contribution in [0.2, 0.25) is 0 Å². The second-order valence-corrected chi connectivity index (χ2v) is 4.95. The van der Waals surface area contributed by atoms with Crippen molar-refractivity contribution < 1.29 is 9.15 Å². The Morgan fingerprint density at radius 1 is 1.26 bits per heavy atom. The zero-order valence-corrected chi connectivity index (χ0v) is 11.2. The molecule has 2 N–H and O–H groups in total. The van der Waals surface area contributed by atoms with Gasteiger partial charge < -0.3 is 14.9 Å². The Morgan fingerprint density at radius 3 is 2.95 bits per heavy atom. The Hall–Kier alpha value is -1.74. The largest absolute Gasteiger partial charge is 0.493 e. The van der Waals surface area contributed by atoms with E-state index in [1.807, 2.05) is 24.3 Å². The van der Waals surface area contributed by atoms with Crippen LogP contribution in [-0.2, 0) is 12.8 Å². The van der Waals surface area contributed by atoms with Crippen molar-refractivity contribution in [2.45, 2.75) is 32.2 Å². The van der Waals surface area contributed by atoms with Crippen molar-refractivity contribution in [3.05, 3.63) is 53.0 Å². The molecule has 1 atom stereocenters. The van der Waals surface area contributed by atoms with Gasteiger partial charge in [0.15, 0.2) is 0 Å². The number of hydrogen-bond acceptors (Lipinski definition) is 3. The van der Waals surface area contributed by atoms with E-state index in [9.17, 15) is 0 Å². The van der Waals surface area contributed by atoms with E-state index in [0.29, 0.717) is 0 Å². The van der Waals surface area contributed by atoms with Crippen LogP contribution in [0.1, 0.15) is 42.0 Å². The molecule has 2 heterocycles. The minimum atomic E-state index is -0.201. The van der Waals surface area contributed by atoms with Crippen LogP contribution >= 0.6 is 0 Å². The van der Waals surface area contributed by atoms with E-state index in [1.54, 1.807) is 0 Å². The summed E-state index contributed by atoms with van der Waals surface area (Å²) in [7, 11) is 0. The van der Waals surface area contributed by atoms with Crippen molar-refractivity contribution >= 4 is 0 Å². The van der Waals surface area contributed by atoms with Crippen LogP contribution in [0.15, 0.2) is 34.7 Å². The van der Waals surface area contributed by atoms with Gasteiger partial charge in [-0.3, -0.25) is 0 Å². The minimum Gasteiger partial charge on any atom is -0.493 e. The molecule has 2 aromatic rings. The summed E-state index contributed by atoms with van der Waals surface area (Å²) in [6.07, 6.45) is 3.03. The first-order valence-electron chi connectivity index (χ1n) is 6.87. The number of ether oxygens (including phenoxy) is 1. The third-order valence-corrected chi connectivity index (χ3v) is 3.63. The molecule has 3 nitrogen and oxygen atoms in total. The number of hydrogen-bond donors (Lipinski definition) is 1. The van der Waals surface area contributed by atoms with Gasteiger partial charge in [0, 0.05) is 6.42 Å². The fraction of sp³-hybridized carbons (Fsp3) is 0.375. The lowest BCUT2D eigenvalue weighted by Crippen LogP contribution is -2.13. The maximum absolute atomic E-state index is 6.28. The van der Waals surface area contributed by atoms with Crippen molar-refractivity contribution in [3.63, 3.8) is 0 Å². The summed E-state index contributed by atoms with van der Waals surface area (Å²) in [4.78, 5) is 0. The lowest BCUT2D eigenvalue weighted by atomic mass is 9.98. The van der Waals surface area contributed by atoms with Gasteiger partial charge in [-0.25, -0.2) is 0 Å². The molecular formula is C16H19NO2. The monoisotopic (exact) mass is 257 g/mol. The number of furan rings is 1. The molecule has 0 amide bonds. The topological polar surface area (TPSA) is 48.4 Å². The van der Waals surface area contributed by atoms with Gasteiger partial charge >= 0.3 is 0 Å². The van der Waals surface area contributed by atoms with Crippen LogP contribution in [0.25, 0.3) is 0 Å². The molecule has 0 saturated carbocycles. The Morgan fingerprint density at radius 2 is 2.16 bits per heavy atom. The molecule has 0 bridgehead atoms. The fourth-order valence-corrected chi connectivity index (χ4v) is 2.49. The van der Waals surface area contributed by atoms with Crippen molar-refractivity contribution in [2.75, 3.05) is 6.61 Å². The molecule has 0 spiro atoms. The fourth-order valence-electron chi connectivity index (χ4n) is 2.49. The van der Waals surface area contributed by atoms with E-state index in [-0.39, 0.29) is 6.04 Å². The van der Waals surface area contributed by atoms with Gasteiger partial charge in [-0.2, -0.15) is 0 Å². The van der Waals surface area contributed by atoms with Crippen molar-refractivity contribution in [1.29, 1.82) is 0 Å². The standard InChI is InChI=1S/C16H19NO2/c1-2-13-6-8-15(19-13)16(17)12-5-7-14-11(10-12)4-3-9-18-14/h5-8,10,16H,2-4,9,17H2,1H3. The van der Waals surface area contributed by atoms with Gasteiger partial charge in [0.05, 0.1) is 12.6 Å². The van der Waals surface area contributed by atoms with E-state index in [2.05, 4.69) is 13.0 Å². The van der Waals surface area contributed by atoms with Crippen molar-refractivity contribution in [3.8, 4) is 5.75 Å². The summed E-state index contributed by atoms with van der Waals surface area (Å²) in [5.41, 5.74) is 8.62. The number of fused-ring (bicyclic) bond motifs is 1. The Bertz CT molecular complexity index is 574. The summed E-state index contributed by atoms with van der Waals surface area (Å²) in [5, 5.41) is 0. The third kappa shape index (κ3) is 2.38. The van der Waals surface area contributed by atoms with Gasteiger partial charge in [-0.1, -0.05) is 19.1 Å². The van der Waals surface area contributed by atoms with E-state index < -0.39 is 0 Å². The molecule has 1 aliphatic heterocycles. The van der Waals surface area contributed by atoms with E-state index in [4.69, 9.17) is 14.9 Å². The molecule has 3 rings (SSSR count). The first-order valence-corrected chi connectivity index (χ1v) is 6.87. The smallest absolute Gasteiger partial charge is 0.125 e. The highest BCUT2D eigenvalue weighted by Crippen LogP contribution is 2.29. The normalized spacial score (nSPS) is 15.7. The molecule has 0 aliphatic carbocycles. The van der Waals surface area contributed by atoms with Crippen molar-refractivity contribution in [1.82, 2.24) is 0 Å². The minimum absolute atomic E-state index is 0.201. The maximum atomic E-state index is 6.28. The van der Waals surface area contributed by atoms with Crippen LogP contribution in [0.3, 0.4) is 0 Å². The van der Waals surface area contributed by atoms with E-state index >= 15 is 0 Å². The molecule has 1 aromatic heterocycles. The predicted octanol–water partition coefficient (Wildman–Crippen LogP) is 3.22.